The Hall–Kier alpha value is -4.28. The van der Waals surface area contributed by atoms with Crippen molar-refractivity contribution < 1.29 is 32.7 Å². The number of hydrogen-bond donors (Lipinski definition) is 3. The van der Waals surface area contributed by atoms with Crippen molar-refractivity contribution in [3.8, 4) is 11.3 Å². The lowest BCUT2D eigenvalue weighted by Crippen LogP contribution is -2.41. The van der Waals surface area contributed by atoms with E-state index in [1.807, 2.05) is 19.1 Å². The Kier molecular flexibility index (Phi) is 7.47. The first kappa shape index (κ1) is 26.8. The van der Waals surface area contributed by atoms with Crippen LogP contribution in [0.1, 0.15) is 47.7 Å². The van der Waals surface area contributed by atoms with Gasteiger partial charge in [-0.1, -0.05) is 31.2 Å². The molecular formula is C27H25F3N4O4. The van der Waals surface area contributed by atoms with Crippen LogP contribution in [0.25, 0.3) is 11.3 Å². The number of nitrogens with zero attached hydrogens (tertiary/aromatic N) is 2. The molecule has 0 saturated heterocycles. The molecule has 198 valence electrons. The minimum absolute atomic E-state index is 0.0837. The Morgan fingerprint density at radius 1 is 1.05 bits per heavy atom. The zero-order chi connectivity index (χ0) is 27.5. The van der Waals surface area contributed by atoms with E-state index in [2.05, 4.69) is 20.6 Å². The van der Waals surface area contributed by atoms with Gasteiger partial charge in [0.05, 0.1) is 36.3 Å². The molecule has 0 unspecified atom stereocenters. The van der Waals surface area contributed by atoms with Gasteiger partial charge in [0.1, 0.15) is 0 Å². The molecule has 0 spiro atoms. The minimum atomic E-state index is -4.68. The molecule has 0 fully saturated rings. The topological polar surface area (TPSA) is 121 Å². The molecule has 3 N–H and O–H groups in total. The number of carbonyl (C=O) groups is 3. The number of carbonyl (C=O) groups excluding carboxylic acids is 2. The molecule has 1 aromatic heterocycles. The highest BCUT2D eigenvalue weighted by Crippen LogP contribution is 2.46. The molecule has 11 heteroatoms. The van der Waals surface area contributed by atoms with Crippen molar-refractivity contribution in [2.75, 3.05) is 10.6 Å². The Bertz CT molecular complexity index is 1360. The van der Waals surface area contributed by atoms with Crippen molar-refractivity contribution >= 4 is 29.3 Å². The second-order valence-electron chi connectivity index (χ2n) is 9.26. The Morgan fingerprint density at radius 2 is 1.79 bits per heavy atom. The second-order valence-corrected chi connectivity index (χ2v) is 9.26. The van der Waals surface area contributed by atoms with Crippen LogP contribution in [0, 0.1) is 5.41 Å². The number of rotatable bonds is 7. The molecule has 1 heterocycles. The number of fused-ring (bicyclic) bond motifs is 1. The maximum Gasteiger partial charge on any atom is 0.390 e. The zero-order valence-corrected chi connectivity index (χ0v) is 20.4. The normalized spacial score (nSPS) is 17.0. The summed E-state index contributed by atoms with van der Waals surface area (Å²) in [6.45, 7) is 2.03. The average Bonchev–Trinajstić information content (AvgIpc) is 2.86. The average molecular weight is 527 g/mol. The van der Waals surface area contributed by atoms with E-state index in [-0.39, 0.29) is 24.2 Å². The molecule has 0 bridgehead atoms. The third-order valence-electron chi connectivity index (χ3n) is 6.54. The fourth-order valence-electron chi connectivity index (χ4n) is 4.67. The van der Waals surface area contributed by atoms with Crippen LogP contribution in [0.2, 0.25) is 0 Å². The molecule has 0 saturated carbocycles. The predicted octanol–water partition coefficient (Wildman–Crippen LogP) is 5.89. The van der Waals surface area contributed by atoms with E-state index in [9.17, 15) is 32.7 Å². The Balaban J connectivity index is 1.47. The lowest BCUT2D eigenvalue weighted by molar-refractivity contribution is -0.160. The Labute approximate surface area is 216 Å². The first-order valence-electron chi connectivity index (χ1n) is 11.9. The summed E-state index contributed by atoms with van der Waals surface area (Å²) in [5.41, 5.74) is 1.36. The van der Waals surface area contributed by atoms with Crippen molar-refractivity contribution in [1.29, 1.82) is 0 Å². The summed E-state index contributed by atoms with van der Waals surface area (Å²) in [6, 6.07) is 11.5. The largest absolute Gasteiger partial charge is 0.481 e. The van der Waals surface area contributed by atoms with E-state index >= 15 is 0 Å². The highest BCUT2D eigenvalue weighted by molar-refractivity contribution is 6.04. The second kappa shape index (κ2) is 10.6. The first-order chi connectivity index (χ1) is 18.0. The van der Waals surface area contributed by atoms with Crippen LogP contribution in [0.4, 0.5) is 29.5 Å². The quantitative estimate of drug-likeness (QED) is 0.353. The maximum atomic E-state index is 13.2. The lowest BCUT2D eigenvalue weighted by atomic mass is 9.66. The smallest absolute Gasteiger partial charge is 0.390 e. The highest BCUT2D eigenvalue weighted by Gasteiger charge is 2.50. The van der Waals surface area contributed by atoms with Crippen molar-refractivity contribution in [1.82, 2.24) is 9.97 Å². The molecule has 1 aliphatic rings. The van der Waals surface area contributed by atoms with Gasteiger partial charge in [0, 0.05) is 16.8 Å². The number of aromatic nitrogens is 2. The Morgan fingerprint density at radius 3 is 2.39 bits per heavy atom. The number of Topliss-reactive ketones (excluding diaryl/α,β-unsaturated/α-hetero) is 1. The molecule has 4 rings (SSSR count). The standard InChI is InChI=1S/C27H25F3N4O4/c1-2-16-3-6-19(7-4-16)33-25(38)34-22-14-31-21(13-32-22)18-5-8-20-17(11-18)9-10-26(24(20)37,12-23(35)36)15-27(28,29)30/h3-8,11,13-14H,2,9-10,12,15H2,1H3,(H,35,36)(H2,32,33,34,38)/t26-/m1/s1. The summed E-state index contributed by atoms with van der Waals surface area (Å²) in [7, 11) is 0. The number of benzene rings is 2. The fourth-order valence-corrected chi connectivity index (χ4v) is 4.67. The van der Waals surface area contributed by atoms with Crippen molar-refractivity contribution in [2.24, 2.45) is 5.41 Å². The molecule has 2 amide bonds. The SMILES string of the molecule is CCc1ccc(NC(=O)Nc2cnc(-c3ccc4c(c3)CC[C@@](CC(=O)O)(CC(F)(F)F)C4=O)cn2)cc1. The van der Waals surface area contributed by atoms with Gasteiger partial charge in [-0.3, -0.25) is 19.9 Å². The number of ketones is 1. The van der Waals surface area contributed by atoms with Crippen LogP contribution < -0.4 is 10.6 Å². The molecule has 1 atom stereocenters. The summed E-state index contributed by atoms with van der Waals surface area (Å²) in [6.07, 6.45) is -3.47. The van der Waals surface area contributed by atoms with Crippen LogP contribution in [0.5, 0.6) is 0 Å². The molecule has 3 aromatic rings. The van der Waals surface area contributed by atoms with Crippen LogP contribution >= 0.6 is 0 Å². The zero-order valence-electron chi connectivity index (χ0n) is 20.4. The number of amides is 2. The van der Waals surface area contributed by atoms with Crippen molar-refractivity contribution in [3.05, 3.63) is 71.5 Å². The number of carboxylic acid groups (broad SMARTS) is 1. The number of nitrogens with one attached hydrogen (secondary N) is 2. The molecule has 38 heavy (non-hydrogen) atoms. The number of anilines is 2. The van der Waals surface area contributed by atoms with Gasteiger partial charge in [-0.2, -0.15) is 13.2 Å². The van der Waals surface area contributed by atoms with E-state index in [1.54, 1.807) is 18.2 Å². The van der Waals surface area contributed by atoms with Gasteiger partial charge in [0.25, 0.3) is 0 Å². The summed E-state index contributed by atoms with van der Waals surface area (Å²) < 4.78 is 39.7. The molecule has 0 aliphatic heterocycles. The molecule has 0 radical (unpaired) electrons. The third-order valence-corrected chi connectivity index (χ3v) is 6.54. The van der Waals surface area contributed by atoms with Gasteiger partial charge in [0.2, 0.25) is 0 Å². The van der Waals surface area contributed by atoms with Gasteiger partial charge in [0.15, 0.2) is 11.6 Å². The van der Waals surface area contributed by atoms with E-state index in [0.29, 0.717) is 22.5 Å². The molecule has 8 nitrogen and oxygen atoms in total. The van der Waals surface area contributed by atoms with E-state index in [0.717, 1.165) is 12.0 Å². The van der Waals surface area contributed by atoms with Crippen LogP contribution in [0.15, 0.2) is 54.9 Å². The van der Waals surface area contributed by atoms with Crippen molar-refractivity contribution in [2.45, 2.75) is 45.2 Å². The number of halogens is 3. The number of aryl methyl sites for hydroxylation is 2. The summed E-state index contributed by atoms with van der Waals surface area (Å²) in [5, 5.41) is 14.5. The van der Waals surface area contributed by atoms with Crippen LogP contribution in [-0.4, -0.2) is 39.0 Å². The van der Waals surface area contributed by atoms with Gasteiger partial charge < -0.3 is 10.4 Å². The molecule has 2 aromatic carbocycles. The summed E-state index contributed by atoms with van der Waals surface area (Å²) in [4.78, 5) is 45.1. The van der Waals surface area contributed by atoms with Crippen LogP contribution in [-0.2, 0) is 17.6 Å². The van der Waals surface area contributed by atoms with Gasteiger partial charge >= 0.3 is 18.2 Å². The van der Waals surface area contributed by atoms with E-state index < -0.39 is 42.2 Å². The van der Waals surface area contributed by atoms with E-state index in [1.165, 1.54) is 24.5 Å². The minimum Gasteiger partial charge on any atom is -0.481 e. The number of alkyl halides is 3. The number of urea groups is 1. The highest BCUT2D eigenvalue weighted by atomic mass is 19.4. The monoisotopic (exact) mass is 526 g/mol. The van der Waals surface area contributed by atoms with Gasteiger partial charge in [-0.15, -0.1) is 0 Å². The fraction of sp³-hybridized carbons (Fsp3) is 0.296. The first-order valence-corrected chi connectivity index (χ1v) is 11.9. The maximum absolute atomic E-state index is 13.2. The van der Waals surface area contributed by atoms with Crippen molar-refractivity contribution in [3.63, 3.8) is 0 Å². The lowest BCUT2D eigenvalue weighted by Gasteiger charge is -2.36. The van der Waals surface area contributed by atoms with Crippen LogP contribution in [0.3, 0.4) is 0 Å². The number of hydrogen-bond acceptors (Lipinski definition) is 5. The van der Waals surface area contributed by atoms with Gasteiger partial charge in [-0.25, -0.2) is 9.78 Å². The molecule has 1 aliphatic carbocycles. The predicted molar refractivity (Wildman–Crippen MR) is 134 cm³/mol. The summed E-state index contributed by atoms with van der Waals surface area (Å²) >= 11 is 0. The van der Waals surface area contributed by atoms with E-state index in [4.69, 9.17) is 0 Å². The molecular weight excluding hydrogens is 501 g/mol. The third kappa shape index (κ3) is 6.16. The number of aliphatic carboxylic acids is 1. The number of carboxylic acids is 1. The summed E-state index contributed by atoms with van der Waals surface area (Å²) in [5.74, 6) is -2.06. The van der Waals surface area contributed by atoms with Gasteiger partial charge in [-0.05, 0) is 48.6 Å².